The topological polar surface area (TPSA) is 591 Å². The number of para-hydroxylation sites is 2. The molecule has 114 heavy (non-hydrogen) atoms. The van der Waals surface area contributed by atoms with Crippen LogP contribution in [0.2, 0.25) is 0 Å². The molecule has 4 aromatic rings. The molecule has 0 radical (unpaired) electrons. The van der Waals surface area contributed by atoms with Gasteiger partial charge in [0, 0.05) is 84.3 Å². The van der Waals surface area contributed by atoms with E-state index < -0.39 is 248 Å². The molecular weight excluding hydrogens is 1480 g/mol. The number of aromatic amines is 1. The van der Waals surface area contributed by atoms with E-state index in [9.17, 15) is 102 Å². The molecule has 618 valence electrons. The summed E-state index contributed by atoms with van der Waals surface area (Å²) in [5.74, 6) is -27.5. The predicted molar refractivity (Wildman–Crippen MR) is 411 cm³/mol. The van der Waals surface area contributed by atoms with Gasteiger partial charge in [0.2, 0.25) is 65.0 Å². The van der Waals surface area contributed by atoms with Gasteiger partial charge < -0.3 is 95.4 Å². The molecule has 11 amide bonds. The minimum Gasteiger partial charge on any atom is -0.481 e. The summed E-state index contributed by atoms with van der Waals surface area (Å²) < 4.78 is 5.73. The highest BCUT2D eigenvalue weighted by atomic mass is 16.5. The van der Waals surface area contributed by atoms with Gasteiger partial charge in [-0.05, 0) is 99.4 Å². The SMILES string of the molecule is CCCCCCc1ccc(/C(C)=C/C(=O)N[C@@H](Cc2c[nH]c3ccccc23)C(=O)N[C@H](CC(N)=O)C(=O)C[C@@H](C)C(=O)N[C@@H]2C(=O)NCC(=O)N[C@@H](CCCN)C(=O)N[C@@H](CC(=O)O)C(=O)C[C@H](C)C(=O)N[C@@H](C)C(=O)NCC(=O)N[C@H](CO)C(=O)C[C@@H]([C@H](C)CC(=O)O)C(=O)N[C@@H](C(=O)c3ccccc3N)C(=O)O[C@@H]2C)cc1. The van der Waals surface area contributed by atoms with Crippen molar-refractivity contribution in [2.45, 2.75) is 193 Å². The maximum atomic E-state index is 14.8. The number of aryl methyl sites for hydroxylation is 1. The summed E-state index contributed by atoms with van der Waals surface area (Å²) in [6.45, 7) is 6.35. The normalized spacial score (nSPS) is 21.7. The van der Waals surface area contributed by atoms with E-state index in [0.29, 0.717) is 22.0 Å². The van der Waals surface area contributed by atoms with Gasteiger partial charge in [-0.1, -0.05) is 102 Å². The highest BCUT2D eigenvalue weighted by Crippen LogP contribution is 2.25. The van der Waals surface area contributed by atoms with E-state index in [1.54, 1.807) is 37.4 Å². The second-order valence-corrected chi connectivity index (χ2v) is 28.4. The van der Waals surface area contributed by atoms with E-state index in [0.717, 1.165) is 56.2 Å². The molecular formula is C78H104N14O22. The van der Waals surface area contributed by atoms with Gasteiger partial charge in [-0.15, -0.1) is 0 Å². The number of Topliss-reactive ketones (excluding diaryl/α,β-unsaturated/α-hetero) is 4. The van der Waals surface area contributed by atoms with Gasteiger partial charge in [-0.2, -0.15) is 0 Å². The molecule has 0 saturated carbocycles. The minimum absolute atomic E-state index is 0.00500. The van der Waals surface area contributed by atoms with Crippen molar-refractivity contribution in [3.8, 4) is 0 Å². The van der Waals surface area contributed by atoms with Crippen molar-refractivity contribution in [1.29, 1.82) is 0 Å². The van der Waals surface area contributed by atoms with Gasteiger partial charge >= 0.3 is 17.9 Å². The maximum absolute atomic E-state index is 14.8. The Hall–Kier alpha value is -12.1. The Balaban J connectivity index is 1.54. The number of nitrogen functional groups attached to an aromatic ring is 1. The van der Waals surface area contributed by atoms with Gasteiger partial charge in [0.25, 0.3) is 0 Å². The Kier molecular flexibility index (Phi) is 36.9. The number of carbonyl (C=O) groups excluding carboxylic acids is 16. The number of primary amides is 1. The maximum Gasteiger partial charge on any atom is 0.337 e. The molecule has 36 heteroatoms. The van der Waals surface area contributed by atoms with Crippen LogP contribution in [0, 0.1) is 23.7 Å². The van der Waals surface area contributed by atoms with Crippen LogP contribution in [0.1, 0.15) is 153 Å². The van der Waals surface area contributed by atoms with Crippen molar-refractivity contribution in [2.75, 3.05) is 32.0 Å². The zero-order valence-electron chi connectivity index (χ0n) is 64.6. The molecule has 20 N–H and O–H groups in total. The molecule has 5 rings (SSSR count). The van der Waals surface area contributed by atoms with Crippen molar-refractivity contribution in [2.24, 2.45) is 35.1 Å². The number of fused-ring (bicyclic) bond motifs is 1. The summed E-state index contributed by atoms with van der Waals surface area (Å²) in [5.41, 5.74) is 20.5. The largest absolute Gasteiger partial charge is 0.481 e. The van der Waals surface area contributed by atoms with E-state index in [1.165, 1.54) is 52.0 Å². The summed E-state index contributed by atoms with van der Waals surface area (Å²) in [6.07, 6.45) is 0.273. The number of nitrogens with one attached hydrogen (secondary N) is 11. The average Bonchev–Trinajstić information content (AvgIpc) is 1.10. The number of aliphatic hydroxyl groups is 1. The minimum atomic E-state index is -2.54. The number of amides is 11. The number of carbonyl (C=O) groups is 18. The van der Waals surface area contributed by atoms with Gasteiger partial charge in [0.15, 0.2) is 29.2 Å². The second-order valence-electron chi connectivity index (χ2n) is 28.4. The summed E-state index contributed by atoms with van der Waals surface area (Å²) in [6, 6.07) is 5.08. The number of anilines is 1. The van der Waals surface area contributed by atoms with E-state index in [2.05, 4.69) is 65.1 Å². The Morgan fingerprint density at radius 3 is 1.93 bits per heavy atom. The average molecular weight is 1590 g/mol. The van der Waals surface area contributed by atoms with Crippen LogP contribution in [-0.4, -0.2) is 207 Å². The number of allylic oxidation sites excluding steroid dienone is 1. The smallest absolute Gasteiger partial charge is 0.337 e. The van der Waals surface area contributed by atoms with Gasteiger partial charge in [0.05, 0.1) is 44.6 Å². The van der Waals surface area contributed by atoms with Crippen molar-refractivity contribution < 1.29 is 106 Å². The third-order valence-electron chi connectivity index (χ3n) is 19.1. The number of carboxylic acids is 2. The van der Waals surface area contributed by atoms with E-state index in [1.807, 2.05) is 24.3 Å². The first-order chi connectivity index (χ1) is 53.9. The number of cyclic esters (lactones) is 1. The fraction of sp³-hybridized carbons (Fsp3) is 0.487. The van der Waals surface area contributed by atoms with Crippen LogP contribution in [-0.2, 0) is 99.1 Å². The number of hydrogen-bond donors (Lipinski definition) is 17. The Morgan fingerprint density at radius 1 is 0.658 bits per heavy atom. The molecule has 0 unspecified atom stereocenters. The van der Waals surface area contributed by atoms with Crippen LogP contribution in [0.15, 0.2) is 85.1 Å². The number of H-pyrrole nitrogens is 1. The molecule has 1 aliphatic rings. The molecule has 0 bridgehead atoms. The number of carboxylic acid groups (broad SMARTS) is 2. The van der Waals surface area contributed by atoms with Crippen LogP contribution in [0.4, 0.5) is 5.69 Å². The van der Waals surface area contributed by atoms with Crippen molar-refractivity contribution in [3.63, 3.8) is 0 Å². The molecule has 2 heterocycles. The zero-order chi connectivity index (χ0) is 84.6. The molecule has 0 spiro atoms. The number of esters is 1. The Labute approximate surface area is 657 Å². The first kappa shape index (κ1) is 92.5. The predicted octanol–water partition coefficient (Wildman–Crippen LogP) is -0.564. The first-order valence-electron chi connectivity index (χ1n) is 37.4. The lowest BCUT2D eigenvalue weighted by molar-refractivity contribution is -0.155. The molecule has 1 aliphatic heterocycles. The Morgan fingerprint density at radius 2 is 1.30 bits per heavy atom. The lowest BCUT2D eigenvalue weighted by Gasteiger charge is -2.29. The Bertz CT molecular complexity index is 4220. The number of benzene rings is 3. The van der Waals surface area contributed by atoms with Gasteiger partial charge in [-0.25, -0.2) is 4.79 Å². The quantitative estimate of drug-likeness (QED) is 0.00777. The van der Waals surface area contributed by atoms with E-state index >= 15 is 0 Å². The van der Waals surface area contributed by atoms with Crippen molar-refractivity contribution >= 4 is 128 Å². The lowest BCUT2D eigenvalue weighted by Crippen LogP contribution is -2.58. The number of aliphatic hydroxyl groups excluding tert-OH is 1. The van der Waals surface area contributed by atoms with Crippen LogP contribution in [0.25, 0.3) is 16.5 Å². The number of aromatic nitrogens is 1. The van der Waals surface area contributed by atoms with Crippen molar-refractivity contribution in [3.05, 3.63) is 107 Å². The van der Waals surface area contributed by atoms with Crippen LogP contribution < -0.4 is 70.4 Å². The second kappa shape index (κ2) is 45.4. The molecule has 0 aliphatic carbocycles. The number of ether oxygens (including phenoxy) is 1. The van der Waals surface area contributed by atoms with Crippen molar-refractivity contribution in [1.82, 2.24) is 58.2 Å². The highest BCUT2D eigenvalue weighted by molar-refractivity contribution is 6.16. The lowest BCUT2D eigenvalue weighted by atomic mass is 9.84. The van der Waals surface area contributed by atoms with E-state index in [4.69, 9.17) is 21.9 Å². The summed E-state index contributed by atoms with van der Waals surface area (Å²) in [4.78, 5) is 252. The number of aliphatic carboxylic acids is 2. The van der Waals surface area contributed by atoms with Gasteiger partial charge in [0.1, 0.15) is 36.3 Å². The van der Waals surface area contributed by atoms with E-state index in [-0.39, 0.29) is 31.5 Å². The van der Waals surface area contributed by atoms with Crippen LogP contribution in [0.5, 0.6) is 0 Å². The third kappa shape index (κ3) is 29.2. The number of hydrogen-bond acceptors (Lipinski definition) is 22. The molecule has 1 fully saturated rings. The summed E-state index contributed by atoms with van der Waals surface area (Å²) in [7, 11) is 0. The molecule has 36 nitrogen and oxygen atoms in total. The zero-order valence-corrected chi connectivity index (χ0v) is 64.6. The van der Waals surface area contributed by atoms with Crippen LogP contribution >= 0.6 is 0 Å². The fourth-order valence-corrected chi connectivity index (χ4v) is 12.4. The standard InChI is InChI=1S/C78H104N14O22/c1-8-9-10-11-17-46-23-25-47(26-24-46)40(2)30-63(98)87-57(32-48-36-82-53-21-15-13-18-49(48)53)76(111)89-55(34-62(81)97)59(94)29-43(5)72(107)91-68-45(7)114-78(113)69(70(105)50-19-12-14-20-52(50)80)92-74(109)51(41(3)31-66(101)102)33-61(96)58(39-93)88-65(100)37-83-73(108)44(6)85-71(106)42(4)28-60(95)56(35-67(103)104)90-75(110)54(22-16-27-79)86-64(99)38-84-77(68)112/h12-15,18-21,23-26,30,36,41-45,51,54-58,68-69,82,93H,8-11,16-17,22,27-29,31-35,37-39,79-80H2,1-7H3,(H2,81,97)(H,83,108)(H,84,112)(H,85,106)(H,86,99)(H,87,98)(H,88,100)(H,89,111)(H,90,110)(H,91,107)(H,92,109)(H,101,102)(H,103,104)/b40-30+/t41-,42+,43-,44+,45-,51+,54+,55-,56+,57+,58-,68+,69+/m1/s1. The summed E-state index contributed by atoms with van der Waals surface area (Å²) >= 11 is 0. The molecule has 1 aromatic heterocycles. The third-order valence-corrected chi connectivity index (χ3v) is 19.1. The fourth-order valence-electron chi connectivity index (χ4n) is 12.4. The number of rotatable bonds is 30. The first-order valence-corrected chi connectivity index (χ1v) is 37.4. The van der Waals surface area contributed by atoms with Crippen LogP contribution in [0.3, 0.4) is 0 Å². The molecule has 3 aromatic carbocycles. The molecule has 13 atom stereocenters. The molecule has 1 saturated heterocycles. The number of nitrogens with two attached hydrogens (primary N) is 3. The number of ketones is 4. The highest BCUT2D eigenvalue weighted by Gasteiger charge is 2.42. The number of unbranched alkanes of at least 4 members (excludes halogenated alkanes) is 3. The van der Waals surface area contributed by atoms with Gasteiger partial charge in [-0.3, -0.25) is 81.5 Å². The monoisotopic (exact) mass is 1590 g/mol. The summed E-state index contributed by atoms with van der Waals surface area (Å²) in [5, 5.41) is 54.0.